The van der Waals surface area contributed by atoms with Crippen LogP contribution in [0, 0.1) is 0 Å². The van der Waals surface area contributed by atoms with Crippen molar-refractivity contribution in [1.82, 2.24) is 15.5 Å². The van der Waals surface area contributed by atoms with E-state index in [0.29, 0.717) is 17.9 Å². The molecule has 3 N–H and O–H groups in total. The third-order valence-corrected chi connectivity index (χ3v) is 4.65. The van der Waals surface area contributed by atoms with Crippen LogP contribution in [0.3, 0.4) is 0 Å². The fraction of sp³-hybridized carbons (Fsp3) is 0.286. The van der Waals surface area contributed by atoms with Gasteiger partial charge in [0, 0.05) is 42.7 Å². The highest BCUT2D eigenvalue weighted by Gasteiger charge is 2.21. The van der Waals surface area contributed by atoms with Crippen LogP contribution in [-0.2, 0) is 22.8 Å². The van der Waals surface area contributed by atoms with Crippen LogP contribution in [0.15, 0.2) is 29.2 Å². The zero-order chi connectivity index (χ0) is 15.7. The van der Waals surface area contributed by atoms with Gasteiger partial charge in [0.1, 0.15) is 0 Å². The summed E-state index contributed by atoms with van der Waals surface area (Å²) >= 11 is 0. The van der Waals surface area contributed by atoms with E-state index < -0.39 is 9.84 Å². The van der Waals surface area contributed by atoms with E-state index in [1.165, 1.54) is 12.1 Å². The van der Waals surface area contributed by atoms with Gasteiger partial charge in [0.05, 0.1) is 4.90 Å². The third kappa shape index (κ3) is 2.88. The standard InChI is InChI=1S/C14H16N4O3S/c1-22(20,21)10-4-2-3-9(7-10)16-14(19)13-11-8-15-6-5-12(11)17-18-13/h2-4,7,15H,5-6,8H2,1H3,(H,16,19)(H,17,18). The lowest BCUT2D eigenvalue weighted by Crippen LogP contribution is -2.25. The number of H-pyrrole nitrogens is 1. The van der Waals surface area contributed by atoms with Crippen LogP contribution < -0.4 is 10.6 Å². The molecule has 0 aliphatic carbocycles. The lowest BCUT2D eigenvalue weighted by Gasteiger charge is -2.13. The molecular weight excluding hydrogens is 304 g/mol. The number of hydrogen-bond acceptors (Lipinski definition) is 5. The summed E-state index contributed by atoms with van der Waals surface area (Å²) in [7, 11) is -3.31. The lowest BCUT2D eigenvalue weighted by molar-refractivity contribution is 0.102. The summed E-state index contributed by atoms with van der Waals surface area (Å²) in [6.07, 6.45) is 1.93. The summed E-state index contributed by atoms with van der Waals surface area (Å²) in [5.41, 5.74) is 2.59. The number of rotatable bonds is 3. The summed E-state index contributed by atoms with van der Waals surface area (Å²) in [5.74, 6) is -0.355. The molecular formula is C14H16N4O3S. The Labute approximate surface area is 128 Å². The maximum absolute atomic E-state index is 12.3. The number of sulfone groups is 1. The van der Waals surface area contributed by atoms with Gasteiger partial charge in [0.15, 0.2) is 15.5 Å². The van der Waals surface area contributed by atoms with Gasteiger partial charge in [-0.3, -0.25) is 9.89 Å². The maximum atomic E-state index is 12.3. The van der Waals surface area contributed by atoms with E-state index in [0.717, 1.165) is 30.5 Å². The van der Waals surface area contributed by atoms with E-state index in [1.807, 2.05) is 0 Å². The van der Waals surface area contributed by atoms with Gasteiger partial charge in [-0.25, -0.2) is 8.42 Å². The number of carbonyl (C=O) groups excluding carboxylic acids is 1. The predicted octanol–water partition coefficient (Wildman–Crippen LogP) is 0.711. The number of nitrogens with zero attached hydrogens (tertiary/aromatic N) is 1. The average molecular weight is 320 g/mol. The number of aromatic amines is 1. The van der Waals surface area contributed by atoms with Crippen molar-refractivity contribution >= 4 is 21.4 Å². The summed E-state index contributed by atoms with van der Waals surface area (Å²) in [5, 5.41) is 12.8. The van der Waals surface area contributed by atoms with Crippen LogP contribution in [0.1, 0.15) is 21.7 Å². The quantitative estimate of drug-likeness (QED) is 0.773. The molecule has 2 heterocycles. The molecule has 3 rings (SSSR count). The Kier molecular flexibility index (Phi) is 3.71. The predicted molar refractivity (Wildman–Crippen MR) is 81.5 cm³/mol. The van der Waals surface area contributed by atoms with Crippen molar-refractivity contribution < 1.29 is 13.2 Å². The second-order valence-electron chi connectivity index (χ2n) is 5.21. The van der Waals surface area contributed by atoms with Gasteiger partial charge in [0.25, 0.3) is 5.91 Å². The molecule has 1 aromatic carbocycles. The first kappa shape index (κ1) is 14.7. The van der Waals surface area contributed by atoms with Crippen LogP contribution in [0.25, 0.3) is 0 Å². The van der Waals surface area contributed by atoms with E-state index in [9.17, 15) is 13.2 Å². The second kappa shape index (κ2) is 5.54. The van der Waals surface area contributed by atoms with Crippen LogP contribution in [0.2, 0.25) is 0 Å². The molecule has 1 amide bonds. The van der Waals surface area contributed by atoms with Crippen molar-refractivity contribution in [3.63, 3.8) is 0 Å². The number of aromatic nitrogens is 2. The SMILES string of the molecule is CS(=O)(=O)c1cccc(NC(=O)c2n[nH]c3c2CNCC3)c1. The molecule has 2 aromatic rings. The summed E-state index contributed by atoms with van der Waals surface area (Å²) in [6, 6.07) is 6.16. The molecule has 1 aromatic heterocycles. The number of hydrogen-bond donors (Lipinski definition) is 3. The average Bonchev–Trinajstić information content (AvgIpc) is 2.90. The second-order valence-corrected chi connectivity index (χ2v) is 7.23. The van der Waals surface area contributed by atoms with E-state index in [4.69, 9.17) is 0 Å². The molecule has 7 nitrogen and oxygen atoms in total. The minimum absolute atomic E-state index is 0.163. The topological polar surface area (TPSA) is 104 Å². The first-order valence-corrected chi connectivity index (χ1v) is 8.72. The molecule has 0 saturated heterocycles. The van der Waals surface area contributed by atoms with Crippen molar-refractivity contribution in [2.24, 2.45) is 0 Å². The molecule has 0 radical (unpaired) electrons. The van der Waals surface area contributed by atoms with Crippen molar-refractivity contribution in [3.8, 4) is 0 Å². The van der Waals surface area contributed by atoms with Crippen molar-refractivity contribution in [3.05, 3.63) is 41.2 Å². The van der Waals surface area contributed by atoms with Gasteiger partial charge in [-0.2, -0.15) is 5.10 Å². The Hall–Kier alpha value is -2.19. The van der Waals surface area contributed by atoms with Crippen molar-refractivity contribution in [1.29, 1.82) is 0 Å². The van der Waals surface area contributed by atoms with E-state index in [-0.39, 0.29) is 10.8 Å². The van der Waals surface area contributed by atoms with Gasteiger partial charge >= 0.3 is 0 Å². The van der Waals surface area contributed by atoms with Crippen LogP contribution >= 0.6 is 0 Å². The van der Waals surface area contributed by atoms with E-state index in [2.05, 4.69) is 20.8 Å². The van der Waals surface area contributed by atoms with Crippen LogP contribution in [-0.4, -0.2) is 37.3 Å². The minimum atomic E-state index is -3.31. The number of anilines is 1. The molecule has 0 saturated carbocycles. The Bertz CT molecular complexity index is 826. The van der Waals surface area contributed by atoms with Gasteiger partial charge in [-0.1, -0.05) is 6.07 Å². The molecule has 8 heteroatoms. The number of carbonyl (C=O) groups is 1. The third-order valence-electron chi connectivity index (χ3n) is 3.54. The molecule has 0 bridgehead atoms. The maximum Gasteiger partial charge on any atom is 0.276 e. The van der Waals surface area contributed by atoms with E-state index >= 15 is 0 Å². The summed E-state index contributed by atoms with van der Waals surface area (Å²) in [6.45, 7) is 1.45. The number of benzene rings is 1. The smallest absolute Gasteiger partial charge is 0.276 e. The highest BCUT2D eigenvalue weighted by molar-refractivity contribution is 7.90. The molecule has 1 aliphatic rings. The van der Waals surface area contributed by atoms with Gasteiger partial charge in [0.2, 0.25) is 0 Å². The van der Waals surface area contributed by atoms with Crippen LogP contribution in [0.5, 0.6) is 0 Å². The Balaban J connectivity index is 1.85. The van der Waals surface area contributed by atoms with E-state index in [1.54, 1.807) is 12.1 Å². The molecule has 116 valence electrons. The highest BCUT2D eigenvalue weighted by atomic mass is 32.2. The van der Waals surface area contributed by atoms with Gasteiger partial charge < -0.3 is 10.6 Å². The number of nitrogens with one attached hydrogen (secondary N) is 3. The summed E-state index contributed by atoms with van der Waals surface area (Å²) < 4.78 is 23.1. The number of amides is 1. The first-order valence-electron chi connectivity index (χ1n) is 6.83. The minimum Gasteiger partial charge on any atom is -0.321 e. The Morgan fingerprint density at radius 2 is 2.18 bits per heavy atom. The molecule has 1 aliphatic heterocycles. The normalized spacial score (nSPS) is 14.4. The van der Waals surface area contributed by atoms with Crippen LogP contribution in [0.4, 0.5) is 5.69 Å². The lowest BCUT2D eigenvalue weighted by atomic mass is 10.1. The molecule has 22 heavy (non-hydrogen) atoms. The fourth-order valence-corrected chi connectivity index (χ4v) is 3.07. The van der Waals surface area contributed by atoms with Crippen molar-refractivity contribution in [2.75, 3.05) is 18.1 Å². The highest BCUT2D eigenvalue weighted by Crippen LogP contribution is 2.19. The Morgan fingerprint density at radius 1 is 1.36 bits per heavy atom. The summed E-state index contributed by atoms with van der Waals surface area (Å²) in [4.78, 5) is 12.5. The van der Waals surface area contributed by atoms with Crippen molar-refractivity contribution in [2.45, 2.75) is 17.9 Å². The van der Waals surface area contributed by atoms with Gasteiger partial charge in [-0.15, -0.1) is 0 Å². The zero-order valence-electron chi connectivity index (χ0n) is 12.0. The molecule has 0 spiro atoms. The fourth-order valence-electron chi connectivity index (χ4n) is 2.41. The molecule has 0 unspecified atom stereocenters. The first-order chi connectivity index (χ1) is 10.4. The molecule has 0 atom stereocenters. The monoisotopic (exact) mass is 320 g/mol. The number of fused-ring (bicyclic) bond motifs is 1. The van der Waals surface area contributed by atoms with Gasteiger partial charge in [-0.05, 0) is 18.2 Å². The molecule has 0 fully saturated rings. The largest absolute Gasteiger partial charge is 0.321 e. The Morgan fingerprint density at radius 3 is 2.95 bits per heavy atom. The zero-order valence-corrected chi connectivity index (χ0v) is 12.8.